The van der Waals surface area contributed by atoms with E-state index in [9.17, 15) is 0 Å². The van der Waals surface area contributed by atoms with Crippen LogP contribution in [-0.2, 0) is 6.54 Å². The first-order valence-corrected chi connectivity index (χ1v) is 8.03. The average Bonchev–Trinajstić information content (AvgIpc) is 2.92. The first-order valence-electron chi connectivity index (χ1n) is 7.24. The highest BCUT2D eigenvalue weighted by Crippen LogP contribution is 2.25. The van der Waals surface area contributed by atoms with Gasteiger partial charge in [0.05, 0.1) is 5.52 Å². The summed E-state index contributed by atoms with van der Waals surface area (Å²) in [5.41, 5.74) is 0.963. The highest BCUT2D eigenvalue weighted by Gasteiger charge is 2.09. The largest absolute Gasteiger partial charge is 0.359 e. The molecule has 3 rings (SSSR count). The lowest BCUT2D eigenvalue weighted by atomic mass is 10.2. The van der Waals surface area contributed by atoms with Crippen molar-refractivity contribution in [3.05, 3.63) is 47.2 Å². The average molecular weight is 360 g/mol. The maximum absolute atomic E-state index is 4.46. The second-order valence-electron chi connectivity index (χ2n) is 5.30. The van der Waals surface area contributed by atoms with Crippen molar-refractivity contribution in [2.24, 2.45) is 0 Å². The topological polar surface area (TPSA) is 46.8 Å². The Morgan fingerprint density at radius 3 is 2.86 bits per heavy atom. The van der Waals surface area contributed by atoms with Crippen molar-refractivity contribution >= 4 is 32.7 Å². The smallest absolute Gasteiger partial charge is 0.139 e. The number of aryl methyl sites for hydroxylation is 2. The molecule has 0 saturated heterocycles. The third-order valence-corrected chi connectivity index (χ3v) is 4.25. The van der Waals surface area contributed by atoms with E-state index in [1.54, 1.807) is 6.33 Å². The van der Waals surface area contributed by atoms with Crippen molar-refractivity contribution in [2.45, 2.75) is 19.9 Å². The van der Waals surface area contributed by atoms with E-state index in [-0.39, 0.29) is 0 Å². The molecule has 0 N–H and O–H groups in total. The first kappa shape index (κ1) is 15.0. The van der Waals surface area contributed by atoms with Crippen LogP contribution in [0.25, 0.3) is 10.9 Å². The van der Waals surface area contributed by atoms with Gasteiger partial charge in [0, 0.05) is 42.4 Å². The summed E-state index contributed by atoms with van der Waals surface area (Å²) in [5.74, 6) is 2.02. The Kier molecular flexibility index (Phi) is 4.38. The molecule has 2 aromatic heterocycles. The fraction of sp³-hybridized carbons (Fsp3) is 0.312. The lowest BCUT2D eigenvalue weighted by molar-refractivity contribution is 0.621. The molecule has 0 radical (unpaired) electrons. The Labute approximate surface area is 138 Å². The molecule has 0 aliphatic carbocycles. The first-order chi connectivity index (χ1) is 10.6. The van der Waals surface area contributed by atoms with Gasteiger partial charge >= 0.3 is 0 Å². The van der Waals surface area contributed by atoms with Crippen molar-refractivity contribution in [2.75, 3.05) is 18.5 Å². The Morgan fingerprint density at radius 1 is 1.23 bits per heavy atom. The maximum atomic E-state index is 4.46. The van der Waals surface area contributed by atoms with Crippen LogP contribution in [0, 0.1) is 6.92 Å². The van der Waals surface area contributed by atoms with E-state index in [2.05, 4.69) is 53.5 Å². The van der Waals surface area contributed by atoms with Gasteiger partial charge in [-0.2, -0.15) is 0 Å². The van der Waals surface area contributed by atoms with Gasteiger partial charge in [0.15, 0.2) is 0 Å². The van der Waals surface area contributed by atoms with Gasteiger partial charge in [-0.25, -0.2) is 15.0 Å². The minimum absolute atomic E-state index is 0.927. The van der Waals surface area contributed by atoms with E-state index >= 15 is 0 Å². The number of anilines is 1. The monoisotopic (exact) mass is 359 g/mol. The summed E-state index contributed by atoms with van der Waals surface area (Å²) >= 11 is 3.52. The fourth-order valence-electron chi connectivity index (χ4n) is 2.54. The molecular formula is C16H18BrN5. The van der Waals surface area contributed by atoms with Gasteiger partial charge in [-0.3, -0.25) is 0 Å². The summed E-state index contributed by atoms with van der Waals surface area (Å²) in [5, 5.41) is 1.07. The van der Waals surface area contributed by atoms with E-state index in [1.165, 1.54) is 0 Å². The molecule has 0 aliphatic heterocycles. The number of fused-ring (bicyclic) bond motifs is 1. The summed E-state index contributed by atoms with van der Waals surface area (Å²) in [4.78, 5) is 15.2. The lowest BCUT2D eigenvalue weighted by Crippen LogP contribution is -2.21. The molecule has 22 heavy (non-hydrogen) atoms. The number of rotatable bonds is 5. The van der Waals surface area contributed by atoms with Gasteiger partial charge in [-0.05, 0) is 31.5 Å². The zero-order chi connectivity index (χ0) is 15.5. The molecule has 0 bridgehead atoms. The molecule has 3 aromatic rings. The van der Waals surface area contributed by atoms with E-state index < -0.39 is 0 Å². The van der Waals surface area contributed by atoms with Crippen LogP contribution in [0.2, 0.25) is 0 Å². The SMILES string of the molecule is Cc1nccn1CCCN(C)c1ncnc2ccc(Br)cc12. The van der Waals surface area contributed by atoms with E-state index in [0.717, 1.165) is 46.5 Å². The Hall–Kier alpha value is -1.95. The van der Waals surface area contributed by atoms with Gasteiger partial charge in [-0.1, -0.05) is 15.9 Å². The number of nitrogens with zero attached hydrogens (tertiary/aromatic N) is 5. The van der Waals surface area contributed by atoms with Crippen LogP contribution >= 0.6 is 15.9 Å². The zero-order valence-corrected chi connectivity index (χ0v) is 14.3. The fourth-order valence-corrected chi connectivity index (χ4v) is 2.90. The van der Waals surface area contributed by atoms with Crippen LogP contribution in [-0.4, -0.2) is 33.1 Å². The van der Waals surface area contributed by atoms with Gasteiger partial charge in [0.25, 0.3) is 0 Å². The maximum Gasteiger partial charge on any atom is 0.139 e. The summed E-state index contributed by atoms with van der Waals surface area (Å²) in [6.07, 6.45) is 6.52. The highest BCUT2D eigenvalue weighted by molar-refractivity contribution is 9.10. The third kappa shape index (κ3) is 3.11. The number of aromatic nitrogens is 4. The van der Waals surface area contributed by atoms with Crippen LogP contribution < -0.4 is 4.90 Å². The summed E-state index contributed by atoms with van der Waals surface area (Å²) < 4.78 is 3.21. The van der Waals surface area contributed by atoms with Gasteiger partial charge in [-0.15, -0.1) is 0 Å². The molecule has 2 heterocycles. The molecule has 0 unspecified atom stereocenters. The summed E-state index contributed by atoms with van der Waals surface area (Å²) in [7, 11) is 2.07. The molecule has 0 saturated carbocycles. The summed E-state index contributed by atoms with van der Waals surface area (Å²) in [6.45, 7) is 3.91. The normalized spacial score (nSPS) is 11.0. The minimum atomic E-state index is 0.927. The zero-order valence-electron chi connectivity index (χ0n) is 12.7. The number of halogens is 1. The van der Waals surface area contributed by atoms with Crippen molar-refractivity contribution in [1.29, 1.82) is 0 Å². The molecule has 0 atom stereocenters. The van der Waals surface area contributed by atoms with Crippen LogP contribution in [0.4, 0.5) is 5.82 Å². The molecule has 114 valence electrons. The lowest BCUT2D eigenvalue weighted by Gasteiger charge is -2.20. The molecule has 0 amide bonds. The van der Waals surface area contributed by atoms with Crippen LogP contribution in [0.3, 0.4) is 0 Å². The number of hydrogen-bond acceptors (Lipinski definition) is 4. The molecule has 5 nitrogen and oxygen atoms in total. The van der Waals surface area contributed by atoms with Crippen LogP contribution in [0.5, 0.6) is 0 Å². The van der Waals surface area contributed by atoms with Gasteiger partial charge in [0.2, 0.25) is 0 Å². The van der Waals surface area contributed by atoms with Crippen molar-refractivity contribution in [3.63, 3.8) is 0 Å². The second kappa shape index (κ2) is 6.44. The minimum Gasteiger partial charge on any atom is -0.359 e. The van der Waals surface area contributed by atoms with Crippen LogP contribution in [0.1, 0.15) is 12.2 Å². The third-order valence-electron chi connectivity index (χ3n) is 3.75. The predicted octanol–water partition coefficient (Wildman–Crippen LogP) is 3.42. The van der Waals surface area contributed by atoms with E-state index in [1.807, 2.05) is 31.5 Å². The molecule has 0 aliphatic rings. The number of benzene rings is 1. The van der Waals surface area contributed by atoms with Crippen LogP contribution in [0.15, 0.2) is 41.4 Å². The van der Waals surface area contributed by atoms with Crippen molar-refractivity contribution in [3.8, 4) is 0 Å². The molecule has 1 aromatic carbocycles. The number of hydrogen-bond donors (Lipinski definition) is 0. The molecule has 6 heteroatoms. The number of imidazole rings is 1. The van der Waals surface area contributed by atoms with E-state index in [4.69, 9.17) is 0 Å². The highest BCUT2D eigenvalue weighted by atomic mass is 79.9. The molecular weight excluding hydrogens is 342 g/mol. The Balaban J connectivity index is 1.73. The Morgan fingerprint density at radius 2 is 2.09 bits per heavy atom. The standard InChI is InChI=1S/C16H18BrN5/c1-12-18-6-9-22(12)8-3-7-21(2)16-14-10-13(17)4-5-15(14)19-11-20-16/h4-6,9-11H,3,7-8H2,1-2H3. The predicted molar refractivity (Wildman–Crippen MR) is 92.1 cm³/mol. The quantitative estimate of drug-likeness (QED) is 0.700. The van der Waals surface area contributed by atoms with Gasteiger partial charge < -0.3 is 9.47 Å². The molecule has 0 fully saturated rings. The van der Waals surface area contributed by atoms with Crippen molar-refractivity contribution < 1.29 is 0 Å². The van der Waals surface area contributed by atoms with Gasteiger partial charge in [0.1, 0.15) is 18.0 Å². The Bertz CT molecular complexity index is 783. The van der Waals surface area contributed by atoms with E-state index in [0.29, 0.717) is 0 Å². The second-order valence-corrected chi connectivity index (χ2v) is 6.22. The van der Waals surface area contributed by atoms with Crippen molar-refractivity contribution in [1.82, 2.24) is 19.5 Å². The summed E-state index contributed by atoms with van der Waals surface area (Å²) in [6, 6.07) is 6.08. The molecule has 0 spiro atoms.